The maximum absolute atomic E-state index is 11.2. The summed E-state index contributed by atoms with van der Waals surface area (Å²) in [6, 6.07) is 0. The highest BCUT2D eigenvalue weighted by atomic mass is 16.5. The third-order valence-electron chi connectivity index (χ3n) is 2.32. The monoisotopic (exact) mass is 229 g/mol. The molecule has 0 atom stereocenters. The molecule has 0 fully saturated rings. The predicted octanol–water partition coefficient (Wildman–Crippen LogP) is 1.68. The molecule has 94 valence electrons. The number of nitrogens with one attached hydrogen (secondary N) is 1. The first-order chi connectivity index (χ1) is 7.81. The minimum absolute atomic E-state index is 0.0544. The first-order valence-corrected chi connectivity index (χ1v) is 6.00. The van der Waals surface area contributed by atoms with Crippen molar-refractivity contribution in [2.24, 2.45) is 0 Å². The standard InChI is InChI=1S/C12H23NO3/c1-16-11-7-3-2-5-9-13-12(15)8-4-6-10-14/h10H,2-9,11H2,1H3,(H,13,15). The molecule has 0 saturated heterocycles. The molecule has 0 saturated carbocycles. The van der Waals surface area contributed by atoms with Gasteiger partial charge in [-0.25, -0.2) is 0 Å². The average molecular weight is 229 g/mol. The van der Waals surface area contributed by atoms with Gasteiger partial charge in [0.2, 0.25) is 5.91 Å². The molecule has 0 bridgehead atoms. The van der Waals surface area contributed by atoms with E-state index in [1.165, 1.54) is 0 Å². The Hall–Kier alpha value is -0.900. The third-order valence-corrected chi connectivity index (χ3v) is 2.32. The summed E-state index contributed by atoms with van der Waals surface area (Å²) < 4.78 is 4.94. The smallest absolute Gasteiger partial charge is 0.220 e. The van der Waals surface area contributed by atoms with E-state index in [0.717, 1.165) is 45.1 Å². The van der Waals surface area contributed by atoms with Crippen molar-refractivity contribution < 1.29 is 14.3 Å². The Kier molecular flexibility index (Phi) is 11.5. The molecule has 0 radical (unpaired) electrons. The fourth-order valence-electron chi connectivity index (χ4n) is 1.39. The summed E-state index contributed by atoms with van der Waals surface area (Å²) in [4.78, 5) is 21.2. The van der Waals surface area contributed by atoms with Gasteiger partial charge in [-0.15, -0.1) is 0 Å². The molecular weight excluding hydrogens is 206 g/mol. The van der Waals surface area contributed by atoms with Gasteiger partial charge in [-0.2, -0.15) is 0 Å². The molecular formula is C12H23NO3. The molecule has 0 aromatic heterocycles. The first kappa shape index (κ1) is 15.1. The molecule has 0 aliphatic heterocycles. The molecule has 0 aromatic carbocycles. The normalized spacial score (nSPS) is 10.1. The van der Waals surface area contributed by atoms with Crippen molar-refractivity contribution >= 4 is 12.2 Å². The van der Waals surface area contributed by atoms with E-state index in [9.17, 15) is 9.59 Å². The second kappa shape index (κ2) is 12.2. The summed E-state index contributed by atoms with van der Waals surface area (Å²) >= 11 is 0. The minimum atomic E-state index is 0.0544. The highest BCUT2D eigenvalue weighted by Crippen LogP contribution is 1.99. The van der Waals surface area contributed by atoms with Crippen LogP contribution >= 0.6 is 0 Å². The van der Waals surface area contributed by atoms with E-state index in [0.29, 0.717) is 19.3 Å². The van der Waals surface area contributed by atoms with E-state index in [1.54, 1.807) is 7.11 Å². The fraction of sp³-hybridized carbons (Fsp3) is 0.833. The molecule has 16 heavy (non-hydrogen) atoms. The second-order valence-corrected chi connectivity index (χ2v) is 3.82. The van der Waals surface area contributed by atoms with Gasteiger partial charge in [-0.1, -0.05) is 12.8 Å². The van der Waals surface area contributed by atoms with Gasteiger partial charge in [-0.3, -0.25) is 4.79 Å². The molecule has 0 heterocycles. The SMILES string of the molecule is COCCCCCCNC(=O)CCCC=O. The molecule has 1 amide bonds. The van der Waals surface area contributed by atoms with Crippen LogP contribution in [0.15, 0.2) is 0 Å². The fourth-order valence-corrected chi connectivity index (χ4v) is 1.39. The Morgan fingerprint density at radius 3 is 2.62 bits per heavy atom. The zero-order chi connectivity index (χ0) is 12.1. The lowest BCUT2D eigenvalue weighted by atomic mass is 10.2. The number of hydrogen-bond donors (Lipinski definition) is 1. The molecule has 4 heteroatoms. The van der Waals surface area contributed by atoms with Crippen LogP contribution in [0.5, 0.6) is 0 Å². The van der Waals surface area contributed by atoms with Crippen molar-refractivity contribution in [1.82, 2.24) is 5.32 Å². The first-order valence-electron chi connectivity index (χ1n) is 6.00. The predicted molar refractivity (Wildman–Crippen MR) is 63.3 cm³/mol. The number of methoxy groups -OCH3 is 1. The van der Waals surface area contributed by atoms with Crippen molar-refractivity contribution in [1.29, 1.82) is 0 Å². The minimum Gasteiger partial charge on any atom is -0.385 e. The molecule has 1 N–H and O–H groups in total. The number of carbonyl (C=O) groups excluding carboxylic acids is 2. The highest BCUT2D eigenvalue weighted by Gasteiger charge is 1.99. The van der Waals surface area contributed by atoms with Crippen molar-refractivity contribution in [3.63, 3.8) is 0 Å². The van der Waals surface area contributed by atoms with E-state index in [2.05, 4.69) is 5.32 Å². The summed E-state index contributed by atoms with van der Waals surface area (Å²) in [6.45, 7) is 1.56. The van der Waals surface area contributed by atoms with Crippen LogP contribution in [0.2, 0.25) is 0 Å². The Balaban J connectivity index is 3.12. The van der Waals surface area contributed by atoms with Gasteiger partial charge in [0.1, 0.15) is 6.29 Å². The summed E-state index contributed by atoms with van der Waals surface area (Å²) in [7, 11) is 1.71. The Bertz CT molecular complexity index is 183. The maximum Gasteiger partial charge on any atom is 0.220 e. The number of aldehydes is 1. The van der Waals surface area contributed by atoms with E-state index >= 15 is 0 Å². The van der Waals surface area contributed by atoms with E-state index < -0.39 is 0 Å². The number of carbonyl (C=O) groups is 2. The maximum atomic E-state index is 11.2. The topological polar surface area (TPSA) is 55.4 Å². The average Bonchev–Trinajstić information content (AvgIpc) is 2.28. The molecule has 0 aromatic rings. The molecule has 0 aliphatic carbocycles. The van der Waals surface area contributed by atoms with E-state index in [-0.39, 0.29) is 5.91 Å². The van der Waals surface area contributed by atoms with Crippen LogP contribution in [0.1, 0.15) is 44.9 Å². The Morgan fingerprint density at radius 2 is 1.94 bits per heavy atom. The lowest BCUT2D eigenvalue weighted by Crippen LogP contribution is -2.23. The number of ether oxygens (including phenoxy) is 1. The second-order valence-electron chi connectivity index (χ2n) is 3.82. The van der Waals surface area contributed by atoms with E-state index in [1.807, 2.05) is 0 Å². The number of unbranched alkanes of at least 4 members (excludes halogenated alkanes) is 4. The quantitative estimate of drug-likeness (QED) is 0.433. The number of amides is 1. The van der Waals surface area contributed by atoms with Crippen molar-refractivity contribution in [3.8, 4) is 0 Å². The largest absolute Gasteiger partial charge is 0.385 e. The van der Waals surface area contributed by atoms with E-state index in [4.69, 9.17) is 4.74 Å². The Morgan fingerprint density at radius 1 is 1.19 bits per heavy atom. The Labute approximate surface area is 97.7 Å². The van der Waals surface area contributed by atoms with Gasteiger partial charge in [0.15, 0.2) is 0 Å². The third kappa shape index (κ3) is 11.2. The number of rotatable bonds is 11. The van der Waals surface area contributed by atoms with Crippen LogP contribution in [0, 0.1) is 0 Å². The lowest BCUT2D eigenvalue weighted by Gasteiger charge is -2.04. The summed E-state index contributed by atoms with van der Waals surface area (Å²) in [6.07, 6.45) is 6.82. The molecule has 0 spiro atoms. The van der Waals surface area contributed by atoms with Crippen LogP contribution in [0.3, 0.4) is 0 Å². The van der Waals surface area contributed by atoms with Crippen molar-refractivity contribution in [2.75, 3.05) is 20.3 Å². The van der Waals surface area contributed by atoms with Gasteiger partial charge in [0.05, 0.1) is 0 Å². The molecule has 0 rings (SSSR count). The van der Waals surface area contributed by atoms with Crippen molar-refractivity contribution in [3.05, 3.63) is 0 Å². The van der Waals surface area contributed by atoms with Crippen LogP contribution in [0.25, 0.3) is 0 Å². The van der Waals surface area contributed by atoms with Crippen LogP contribution < -0.4 is 5.32 Å². The summed E-state index contributed by atoms with van der Waals surface area (Å²) in [5.74, 6) is 0.0544. The molecule has 0 unspecified atom stereocenters. The van der Waals surface area contributed by atoms with Gasteiger partial charge in [-0.05, 0) is 19.3 Å². The molecule has 0 aliphatic rings. The summed E-state index contributed by atoms with van der Waals surface area (Å²) in [5.41, 5.74) is 0. The number of hydrogen-bond acceptors (Lipinski definition) is 3. The van der Waals surface area contributed by atoms with Crippen LogP contribution in [-0.2, 0) is 14.3 Å². The zero-order valence-corrected chi connectivity index (χ0v) is 10.2. The van der Waals surface area contributed by atoms with Crippen molar-refractivity contribution in [2.45, 2.75) is 44.9 Å². The van der Waals surface area contributed by atoms with Crippen LogP contribution in [-0.4, -0.2) is 32.5 Å². The molecule has 4 nitrogen and oxygen atoms in total. The van der Waals surface area contributed by atoms with Gasteiger partial charge < -0.3 is 14.8 Å². The highest BCUT2D eigenvalue weighted by molar-refractivity contribution is 5.76. The van der Waals surface area contributed by atoms with Crippen LogP contribution in [0.4, 0.5) is 0 Å². The lowest BCUT2D eigenvalue weighted by molar-refractivity contribution is -0.121. The zero-order valence-electron chi connectivity index (χ0n) is 10.2. The van der Waals surface area contributed by atoms with Gasteiger partial charge >= 0.3 is 0 Å². The summed E-state index contributed by atoms with van der Waals surface area (Å²) in [5, 5.41) is 2.85. The van der Waals surface area contributed by atoms with Gasteiger partial charge in [0.25, 0.3) is 0 Å². The van der Waals surface area contributed by atoms with Gasteiger partial charge in [0, 0.05) is 33.1 Å².